The molecule has 374 valence electrons. The number of carbonyl (C=O) groups excluding carboxylic acids is 2. The van der Waals surface area contributed by atoms with Crippen LogP contribution in [0.3, 0.4) is 0 Å². The number of rotatable bonds is 10. The summed E-state index contributed by atoms with van der Waals surface area (Å²) in [5.74, 6) is -0.727. The Morgan fingerprint density at radius 2 is 0.671 bits per heavy atom. The first kappa shape index (κ1) is 61.9. The monoisotopic (exact) mass is 1240 g/mol. The third kappa shape index (κ3) is 13.7. The quantitative estimate of drug-likeness (QED) is 0.0758. The summed E-state index contributed by atoms with van der Waals surface area (Å²) in [6.07, 6.45) is 7.30. The molecule has 2 aliphatic rings. The number of nitrogens with two attached hydrogens (primary N) is 2. The molecule has 0 spiro atoms. The molecule has 6 N–H and O–H groups in total. The second kappa shape index (κ2) is 27.0. The fourth-order valence-electron chi connectivity index (χ4n) is 8.10. The molecule has 2 aliphatic carbocycles. The molecule has 0 heterocycles. The summed E-state index contributed by atoms with van der Waals surface area (Å²) in [7, 11) is 0. The molecule has 0 aromatic heterocycles. The molecule has 10 nitrogen and oxygen atoms in total. The maximum Gasteiger partial charge on any atom is 1.00 e. The molecule has 0 unspecified atom stereocenters. The molecule has 0 atom stereocenters. The van der Waals surface area contributed by atoms with Crippen molar-refractivity contribution in [2.45, 2.75) is 38.5 Å². The Balaban J connectivity index is 0.000000468. The van der Waals surface area contributed by atoms with Gasteiger partial charge >= 0.3 is 67.1 Å². The average molecular weight is 1240 g/mol. The van der Waals surface area contributed by atoms with E-state index in [1.165, 1.54) is 0 Å². The van der Waals surface area contributed by atoms with E-state index in [0.29, 0.717) is 66.8 Å². The average Bonchev–Trinajstić information content (AvgIpc) is 4.06. The number of ketones is 2. The molecule has 13 heteroatoms. The minimum atomic E-state index is -0.433. The third-order valence-corrected chi connectivity index (χ3v) is 12.3. The van der Waals surface area contributed by atoms with Gasteiger partial charge in [0.25, 0.3) is 0 Å². The van der Waals surface area contributed by atoms with Crippen LogP contribution in [0.5, 0.6) is 0 Å². The zero-order valence-corrected chi connectivity index (χ0v) is 44.3. The number of Topliss-reactive ketones (excluding diaryl/α,β-unsaturated/α-hetero) is 2. The van der Waals surface area contributed by atoms with Crippen LogP contribution in [-0.2, 0) is 78.0 Å². The Labute approximate surface area is 473 Å². The predicted molar refractivity (Wildman–Crippen MR) is 274 cm³/mol. The first-order valence-corrected chi connectivity index (χ1v) is 21.7. The number of hydrogen-bond donors (Lipinski definition) is 2. The van der Waals surface area contributed by atoms with Gasteiger partial charge in [0.05, 0.1) is 46.5 Å². The Hall–Kier alpha value is -7.20. The first-order chi connectivity index (χ1) is 32.7. The van der Waals surface area contributed by atoms with Crippen molar-refractivity contribution in [3.05, 3.63) is 283 Å². The van der Waals surface area contributed by atoms with Crippen LogP contribution in [0, 0.1) is 45.3 Å². The van der Waals surface area contributed by atoms with Gasteiger partial charge in [-0.1, -0.05) is 137 Å². The summed E-state index contributed by atoms with van der Waals surface area (Å²) in [6, 6.07) is 54.5. The van der Waals surface area contributed by atoms with Crippen LogP contribution in [0.15, 0.2) is 215 Å². The van der Waals surface area contributed by atoms with Crippen LogP contribution < -0.4 is 0 Å². The molecule has 0 aliphatic heterocycles. The van der Waals surface area contributed by atoms with Gasteiger partial charge in [0.2, 0.25) is 0 Å². The number of allylic oxidation sites excluding steroid dienone is 10. The van der Waals surface area contributed by atoms with E-state index in [4.69, 9.17) is 0 Å². The van der Waals surface area contributed by atoms with E-state index in [-0.39, 0.29) is 103 Å². The summed E-state index contributed by atoms with van der Waals surface area (Å²) >= 11 is 0. The second-order valence-corrected chi connectivity index (χ2v) is 17.3. The molecule has 6 aromatic rings. The van der Waals surface area contributed by atoms with Gasteiger partial charge in [-0.25, -0.2) is 0 Å². The van der Waals surface area contributed by atoms with E-state index in [0.717, 1.165) is 22.3 Å². The van der Waals surface area contributed by atoms with Crippen molar-refractivity contribution in [2.75, 3.05) is 0 Å². The van der Waals surface area contributed by atoms with Gasteiger partial charge in [-0.3, -0.25) is 9.59 Å². The summed E-state index contributed by atoms with van der Waals surface area (Å²) in [5, 5.41) is 59.5. The molecule has 6 aromatic carbocycles. The Morgan fingerprint density at radius 3 is 0.959 bits per heavy atom. The van der Waals surface area contributed by atoms with Gasteiger partial charge in [-0.05, 0) is 95.1 Å². The molecular weight excluding hydrogens is 1190 g/mol. The second-order valence-electron chi connectivity index (χ2n) is 17.3. The molecule has 0 bridgehead atoms. The SMILES string of the molecule is CC(C)(C1=CC(=C(O)c2cccc(C#N)c2)C(C(=O)c2cccc(C#N)c2)=C1)c1ccccc1.CC(C)(C1=CC(=C(O)c2cccc(C#N)c2)C(C(=O)c2cccc(C#N)c2)=C1)c1ccccc1.[Ag+].[Ag+].[Ag+].[NH2-].[NH2-]. The van der Waals surface area contributed by atoms with Crippen LogP contribution in [0.2, 0.25) is 0 Å². The van der Waals surface area contributed by atoms with Crippen molar-refractivity contribution in [3.63, 3.8) is 0 Å². The van der Waals surface area contributed by atoms with Gasteiger partial charge in [0, 0.05) is 55.4 Å². The third-order valence-electron chi connectivity index (χ3n) is 12.3. The molecule has 0 amide bonds. The van der Waals surface area contributed by atoms with Crippen molar-refractivity contribution in [1.29, 1.82) is 21.0 Å². The van der Waals surface area contributed by atoms with Crippen LogP contribution in [0.1, 0.15) is 92.9 Å². The Morgan fingerprint density at radius 1 is 0.397 bits per heavy atom. The topological polar surface area (TPSA) is 237 Å². The van der Waals surface area contributed by atoms with Crippen LogP contribution in [-0.4, -0.2) is 21.8 Å². The normalized spacial score (nSPS) is 13.5. The molecule has 0 saturated carbocycles. The van der Waals surface area contributed by atoms with Crippen LogP contribution in [0.25, 0.3) is 23.8 Å². The summed E-state index contributed by atoms with van der Waals surface area (Å²) in [6.45, 7) is 8.28. The van der Waals surface area contributed by atoms with E-state index >= 15 is 0 Å². The van der Waals surface area contributed by atoms with Crippen LogP contribution >= 0.6 is 0 Å². The zero-order chi connectivity index (χ0) is 48.6. The maximum atomic E-state index is 13.6. The molecular formula is C60H48Ag3N6O4+. The number of nitrogens with zero attached hydrogens (tertiary/aromatic N) is 4. The van der Waals surface area contributed by atoms with Gasteiger partial charge in [-0.15, -0.1) is 0 Å². The number of aliphatic hydroxyl groups is 2. The number of nitriles is 4. The standard InChI is InChI=1S/2C30H22N2O2.3Ag.2H2N/c2*1-30(2,24-12-4-3-5-13-24)25-16-26(28(33)22-10-6-8-20(14-22)18-31)27(17-25)29(34)23-11-7-9-21(15-23)19-32;;;;;/h2*3-17,33H,1-2H3;;;;2*1H2/q;;3*+1;2*-1. The molecule has 0 radical (unpaired) electrons. The van der Waals surface area contributed by atoms with Gasteiger partial charge < -0.3 is 22.5 Å². The summed E-state index contributed by atoms with van der Waals surface area (Å²) in [4.78, 5) is 27.2. The van der Waals surface area contributed by atoms with E-state index < -0.39 is 10.8 Å². The molecule has 73 heavy (non-hydrogen) atoms. The van der Waals surface area contributed by atoms with E-state index in [1.54, 1.807) is 97.1 Å². The largest absolute Gasteiger partial charge is 1.00 e. The minimum Gasteiger partial charge on any atom is -0.693 e. The van der Waals surface area contributed by atoms with Crippen LogP contribution in [0.4, 0.5) is 0 Å². The predicted octanol–water partition coefficient (Wildman–Crippen LogP) is 14.3. The zero-order valence-electron chi connectivity index (χ0n) is 39.9. The number of carbonyl (C=O) groups is 2. The van der Waals surface area contributed by atoms with Crippen molar-refractivity contribution in [3.8, 4) is 24.3 Å². The van der Waals surface area contributed by atoms with E-state index in [9.17, 15) is 40.8 Å². The Kier molecular flexibility index (Phi) is 22.9. The summed E-state index contributed by atoms with van der Waals surface area (Å²) in [5.41, 5.74) is 7.73. The Bertz CT molecular complexity index is 3170. The minimum absolute atomic E-state index is 0. The molecule has 0 saturated heterocycles. The van der Waals surface area contributed by atoms with E-state index in [2.05, 4.69) is 52.0 Å². The number of hydrogen-bond acceptors (Lipinski definition) is 8. The first-order valence-electron chi connectivity index (χ1n) is 21.7. The molecule has 0 fully saturated rings. The molecule has 8 rings (SSSR count). The van der Waals surface area contributed by atoms with Crippen molar-refractivity contribution < 1.29 is 86.9 Å². The maximum absolute atomic E-state index is 13.6. The fraction of sp³-hybridized carbons (Fsp3) is 0.100. The van der Waals surface area contributed by atoms with Gasteiger partial charge in [0.1, 0.15) is 11.5 Å². The van der Waals surface area contributed by atoms with Crippen molar-refractivity contribution in [2.24, 2.45) is 0 Å². The number of benzene rings is 6. The van der Waals surface area contributed by atoms with E-state index in [1.807, 2.05) is 85.0 Å². The smallest absolute Gasteiger partial charge is 0.693 e. The van der Waals surface area contributed by atoms with Crippen molar-refractivity contribution in [1.82, 2.24) is 0 Å². The number of aliphatic hydroxyl groups excluding tert-OH is 2. The fourth-order valence-corrected chi connectivity index (χ4v) is 8.10. The van der Waals surface area contributed by atoms with Gasteiger partial charge in [-0.2, -0.15) is 21.0 Å². The van der Waals surface area contributed by atoms with Crippen molar-refractivity contribution >= 4 is 23.1 Å². The summed E-state index contributed by atoms with van der Waals surface area (Å²) < 4.78 is 0. The van der Waals surface area contributed by atoms with Gasteiger partial charge in [0.15, 0.2) is 11.6 Å².